The molecule has 0 radical (unpaired) electrons. The fraction of sp³-hybridized carbons (Fsp3) is 0.0741. The lowest BCUT2D eigenvalue weighted by Gasteiger charge is -2.39. The maximum Gasteiger partial charge on any atom is 0.193 e. The Morgan fingerprint density at radius 3 is 1.83 bits per heavy atom. The summed E-state index contributed by atoms with van der Waals surface area (Å²) < 4.78 is 0.987. The van der Waals surface area contributed by atoms with Crippen LogP contribution in [0.25, 0.3) is 11.1 Å². The molecule has 0 unspecified atom stereocenters. The first-order valence-corrected chi connectivity index (χ1v) is 10.6. The Balaban J connectivity index is 1.89. The van der Waals surface area contributed by atoms with E-state index in [-0.39, 0.29) is 5.78 Å². The minimum atomic E-state index is -0.485. The molecule has 4 aromatic rings. The maximum absolute atomic E-state index is 13.5. The number of benzene rings is 4. The highest BCUT2D eigenvalue weighted by molar-refractivity contribution is 9.10. The lowest BCUT2D eigenvalue weighted by molar-refractivity contribution is 0.103. The van der Waals surface area contributed by atoms with Gasteiger partial charge in [-0.15, -0.1) is 0 Å². The summed E-state index contributed by atoms with van der Waals surface area (Å²) in [5.74, 6) is 0.106. The van der Waals surface area contributed by atoms with Crippen molar-refractivity contribution in [1.82, 2.24) is 0 Å². The fourth-order valence-electron chi connectivity index (χ4n) is 5.30. The molecule has 0 saturated carbocycles. The molecule has 0 bridgehead atoms. The molecular formula is C27H17BrO. The highest BCUT2D eigenvalue weighted by Crippen LogP contribution is 2.59. The number of carbonyl (C=O) groups is 1. The summed E-state index contributed by atoms with van der Waals surface area (Å²) in [5.41, 5.74) is 9.41. The number of hydrogen-bond acceptors (Lipinski definition) is 1. The molecule has 138 valence electrons. The number of rotatable bonds is 0. The summed E-state index contributed by atoms with van der Waals surface area (Å²) in [6.45, 7) is 2.10. The standard InChI is InChI=1S/C27H17BrO/c1-16-10-12-20-24(14-16)27(25-15-17(28)11-13-21(25)26(20)29)22-8-4-2-6-18(22)19-7-3-5-9-23(19)27/h2-15H,1H3. The summed E-state index contributed by atoms with van der Waals surface area (Å²) in [6, 6.07) is 29.6. The minimum Gasteiger partial charge on any atom is -0.289 e. The average Bonchev–Trinajstić information content (AvgIpc) is 3.04. The van der Waals surface area contributed by atoms with Crippen molar-refractivity contribution in [3.05, 3.63) is 128 Å². The molecule has 0 N–H and O–H groups in total. The van der Waals surface area contributed by atoms with Crippen LogP contribution in [0.4, 0.5) is 0 Å². The second kappa shape index (κ2) is 5.77. The molecule has 0 fully saturated rings. The van der Waals surface area contributed by atoms with Gasteiger partial charge in [-0.25, -0.2) is 0 Å². The lowest BCUT2D eigenvalue weighted by atomic mass is 9.61. The van der Waals surface area contributed by atoms with Gasteiger partial charge in [-0.2, -0.15) is 0 Å². The summed E-state index contributed by atoms with van der Waals surface area (Å²) in [7, 11) is 0. The van der Waals surface area contributed by atoms with Crippen LogP contribution in [0.1, 0.15) is 43.7 Å². The first-order valence-electron chi connectivity index (χ1n) is 9.77. The van der Waals surface area contributed by atoms with Gasteiger partial charge in [0.15, 0.2) is 5.78 Å². The Bertz CT molecular complexity index is 1250. The normalized spacial score (nSPS) is 14.9. The number of halogens is 1. The summed E-state index contributed by atoms with van der Waals surface area (Å²) in [5, 5.41) is 0. The topological polar surface area (TPSA) is 17.1 Å². The summed E-state index contributed by atoms with van der Waals surface area (Å²) in [6.07, 6.45) is 0. The molecule has 0 amide bonds. The van der Waals surface area contributed by atoms with Gasteiger partial charge in [0.2, 0.25) is 0 Å². The van der Waals surface area contributed by atoms with Crippen LogP contribution < -0.4 is 0 Å². The van der Waals surface area contributed by atoms with Gasteiger partial charge in [-0.1, -0.05) is 88.2 Å². The molecule has 0 saturated heterocycles. The first kappa shape index (κ1) is 16.9. The largest absolute Gasteiger partial charge is 0.289 e. The maximum atomic E-state index is 13.5. The first-order chi connectivity index (χ1) is 14.1. The Labute approximate surface area is 178 Å². The molecule has 0 aromatic heterocycles. The molecule has 0 atom stereocenters. The zero-order valence-corrected chi connectivity index (χ0v) is 17.5. The van der Waals surface area contributed by atoms with E-state index in [9.17, 15) is 4.79 Å². The van der Waals surface area contributed by atoms with Gasteiger partial charge in [0, 0.05) is 15.6 Å². The predicted molar refractivity (Wildman–Crippen MR) is 120 cm³/mol. The van der Waals surface area contributed by atoms with Gasteiger partial charge in [0.25, 0.3) is 0 Å². The monoisotopic (exact) mass is 436 g/mol. The Hall–Kier alpha value is -2.97. The lowest BCUT2D eigenvalue weighted by Crippen LogP contribution is -2.36. The zero-order valence-electron chi connectivity index (χ0n) is 15.9. The molecule has 2 aliphatic carbocycles. The van der Waals surface area contributed by atoms with Gasteiger partial charge in [0.1, 0.15) is 0 Å². The molecule has 4 aromatic carbocycles. The zero-order chi connectivity index (χ0) is 19.8. The molecule has 0 heterocycles. The Kier molecular flexibility index (Phi) is 3.37. The van der Waals surface area contributed by atoms with Crippen LogP contribution in [-0.4, -0.2) is 5.78 Å². The van der Waals surface area contributed by atoms with Gasteiger partial charge in [-0.3, -0.25) is 4.79 Å². The van der Waals surface area contributed by atoms with E-state index >= 15 is 0 Å². The quantitative estimate of drug-likeness (QED) is 0.260. The van der Waals surface area contributed by atoms with Crippen LogP contribution in [0.5, 0.6) is 0 Å². The number of fused-ring (bicyclic) bond motifs is 9. The molecule has 29 heavy (non-hydrogen) atoms. The van der Waals surface area contributed by atoms with Gasteiger partial charge >= 0.3 is 0 Å². The van der Waals surface area contributed by atoms with E-state index in [1.807, 2.05) is 24.3 Å². The van der Waals surface area contributed by atoms with Crippen LogP contribution in [0, 0.1) is 6.92 Å². The fourth-order valence-corrected chi connectivity index (χ4v) is 5.66. The SMILES string of the molecule is Cc1ccc2c(c1)C1(c3cc(Br)ccc3C2=O)c2ccccc2-c2ccccc21. The van der Waals surface area contributed by atoms with E-state index < -0.39 is 5.41 Å². The van der Waals surface area contributed by atoms with Crippen LogP contribution in [0.2, 0.25) is 0 Å². The molecule has 1 spiro atoms. The van der Waals surface area contributed by atoms with Crippen LogP contribution in [0.3, 0.4) is 0 Å². The van der Waals surface area contributed by atoms with E-state index in [1.165, 1.54) is 22.3 Å². The van der Waals surface area contributed by atoms with Crippen molar-refractivity contribution in [2.45, 2.75) is 12.3 Å². The van der Waals surface area contributed by atoms with E-state index in [0.29, 0.717) is 0 Å². The van der Waals surface area contributed by atoms with Crippen LogP contribution >= 0.6 is 15.9 Å². The van der Waals surface area contributed by atoms with Crippen molar-refractivity contribution >= 4 is 21.7 Å². The van der Waals surface area contributed by atoms with Crippen molar-refractivity contribution in [3.8, 4) is 11.1 Å². The third-order valence-electron chi connectivity index (χ3n) is 6.41. The second-order valence-electron chi connectivity index (χ2n) is 7.91. The number of hydrogen-bond donors (Lipinski definition) is 0. The second-order valence-corrected chi connectivity index (χ2v) is 8.82. The van der Waals surface area contributed by atoms with Crippen LogP contribution in [0.15, 0.2) is 89.4 Å². The van der Waals surface area contributed by atoms with Crippen molar-refractivity contribution in [3.63, 3.8) is 0 Å². The van der Waals surface area contributed by atoms with Crippen molar-refractivity contribution in [2.75, 3.05) is 0 Å². The highest BCUT2D eigenvalue weighted by atomic mass is 79.9. The Morgan fingerprint density at radius 1 is 0.621 bits per heavy atom. The van der Waals surface area contributed by atoms with E-state index in [4.69, 9.17) is 0 Å². The summed E-state index contributed by atoms with van der Waals surface area (Å²) >= 11 is 3.66. The van der Waals surface area contributed by atoms with Crippen LogP contribution in [-0.2, 0) is 5.41 Å². The predicted octanol–water partition coefficient (Wildman–Crippen LogP) is 6.67. The highest BCUT2D eigenvalue weighted by Gasteiger charge is 2.51. The third-order valence-corrected chi connectivity index (χ3v) is 6.90. The summed E-state index contributed by atoms with van der Waals surface area (Å²) in [4.78, 5) is 13.5. The molecular weight excluding hydrogens is 420 g/mol. The van der Waals surface area contributed by atoms with Crippen molar-refractivity contribution in [2.24, 2.45) is 0 Å². The third kappa shape index (κ3) is 2.02. The van der Waals surface area contributed by atoms with Crippen molar-refractivity contribution in [1.29, 1.82) is 0 Å². The smallest absolute Gasteiger partial charge is 0.193 e. The van der Waals surface area contributed by atoms with Crippen molar-refractivity contribution < 1.29 is 4.79 Å². The molecule has 2 heteroatoms. The van der Waals surface area contributed by atoms with E-state index in [2.05, 4.69) is 83.5 Å². The minimum absolute atomic E-state index is 0.106. The molecule has 6 rings (SSSR count). The number of carbonyl (C=O) groups excluding carboxylic acids is 1. The van der Waals surface area contributed by atoms with E-state index in [0.717, 1.165) is 32.3 Å². The van der Waals surface area contributed by atoms with Gasteiger partial charge in [0.05, 0.1) is 5.41 Å². The van der Waals surface area contributed by atoms with E-state index in [1.54, 1.807) is 0 Å². The van der Waals surface area contributed by atoms with Gasteiger partial charge in [-0.05, 0) is 58.5 Å². The Morgan fingerprint density at radius 2 is 1.17 bits per heavy atom. The number of aryl methyl sites for hydroxylation is 1. The van der Waals surface area contributed by atoms with Gasteiger partial charge < -0.3 is 0 Å². The molecule has 0 aliphatic heterocycles. The molecule has 1 nitrogen and oxygen atoms in total. The number of ketones is 1. The average molecular weight is 437 g/mol. The molecule has 2 aliphatic rings.